The van der Waals surface area contributed by atoms with E-state index in [-0.39, 0.29) is 28.3 Å². The van der Waals surface area contributed by atoms with Gasteiger partial charge >= 0.3 is 5.69 Å². The van der Waals surface area contributed by atoms with E-state index in [9.17, 15) is 14.9 Å². The Morgan fingerprint density at radius 1 is 1.30 bits per heavy atom. The first kappa shape index (κ1) is 18.7. The largest absolute Gasteiger partial charge is 0.349 e. The van der Waals surface area contributed by atoms with Crippen LogP contribution in [0.25, 0.3) is 10.8 Å². The minimum absolute atomic E-state index is 0.0719. The van der Waals surface area contributed by atoms with Gasteiger partial charge in [-0.1, -0.05) is 48.2 Å². The number of nitriles is 1. The zero-order valence-electron chi connectivity index (χ0n) is 14.9. The number of hydrogen-bond acceptors (Lipinski definition) is 5. The van der Waals surface area contributed by atoms with Crippen molar-refractivity contribution in [1.29, 1.82) is 5.26 Å². The second-order valence-electron chi connectivity index (χ2n) is 6.14. The van der Waals surface area contributed by atoms with Crippen LogP contribution in [0.2, 0.25) is 0 Å². The number of aromatic nitrogens is 2. The average molecular weight is 378 g/mol. The molecule has 0 saturated heterocycles. The van der Waals surface area contributed by atoms with Crippen molar-refractivity contribution in [2.45, 2.75) is 24.9 Å². The summed E-state index contributed by atoms with van der Waals surface area (Å²) in [5.74, 6) is -0.119. The third-order valence-electron chi connectivity index (χ3n) is 4.19. The molecule has 3 aromatic rings. The Bertz CT molecular complexity index is 1100. The van der Waals surface area contributed by atoms with Gasteiger partial charge in [-0.15, -0.1) is 0 Å². The van der Waals surface area contributed by atoms with Gasteiger partial charge in [-0.25, -0.2) is 4.79 Å². The summed E-state index contributed by atoms with van der Waals surface area (Å²) in [6.45, 7) is 3.55. The summed E-state index contributed by atoms with van der Waals surface area (Å²) >= 11 is 1.08. The van der Waals surface area contributed by atoms with Crippen LogP contribution in [-0.4, -0.2) is 21.6 Å². The number of nitrogens with one attached hydrogen (secondary N) is 2. The van der Waals surface area contributed by atoms with E-state index in [4.69, 9.17) is 0 Å². The topological polar surface area (TPSA) is 98.6 Å². The highest BCUT2D eigenvalue weighted by Crippen LogP contribution is 2.22. The fraction of sp³-hybridized carbons (Fsp3) is 0.200. The minimum atomic E-state index is -0.529. The summed E-state index contributed by atoms with van der Waals surface area (Å²) in [6.07, 6.45) is 0. The lowest BCUT2D eigenvalue weighted by Crippen LogP contribution is -2.28. The van der Waals surface area contributed by atoms with E-state index in [0.717, 1.165) is 28.1 Å². The van der Waals surface area contributed by atoms with Crippen molar-refractivity contribution in [3.8, 4) is 6.07 Å². The van der Waals surface area contributed by atoms with Gasteiger partial charge in [0, 0.05) is 5.69 Å². The summed E-state index contributed by atoms with van der Waals surface area (Å²) in [6, 6.07) is 16.0. The smallest absolute Gasteiger partial charge is 0.346 e. The van der Waals surface area contributed by atoms with Crippen molar-refractivity contribution in [2.24, 2.45) is 0 Å². The molecule has 0 fully saturated rings. The Labute approximate surface area is 160 Å². The maximum atomic E-state index is 12.3. The van der Waals surface area contributed by atoms with E-state index in [1.807, 2.05) is 49.4 Å². The maximum Gasteiger partial charge on any atom is 0.346 e. The monoisotopic (exact) mass is 378 g/mol. The Morgan fingerprint density at radius 3 is 2.78 bits per heavy atom. The molecule has 0 aliphatic heterocycles. The molecule has 1 aromatic heterocycles. The first-order valence-electron chi connectivity index (χ1n) is 8.40. The number of H-pyrrole nitrogens is 1. The van der Waals surface area contributed by atoms with Gasteiger partial charge in [0.2, 0.25) is 5.91 Å². The molecule has 0 spiro atoms. The van der Waals surface area contributed by atoms with Crippen LogP contribution in [0.1, 0.15) is 29.8 Å². The number of fused-ring (bicyclic) bond motifs is 1. The fourth-order valence-corrected chi connectivity index (χ4v) is 3.61. The van der Waals surface area contributed by atoms with Crippen LogP contribution in [0, 0.1) is 18.3 Å². The summed E-state index contributed by atoms with van der Waals surface area (Å²) in [4.78, 5) is 30.1. The lowest BCUT2D eigenvalue weighted by atomic mass is 10.0. The Hall–Kier alpha value is -3.11. The molecule has 0 radical (unpaired) electrons. The van der Waals surface area contributed by atoms with Crippen LogP contribution in [0.4, 0.5) is 0 Å². The van der Waals surface area contributed by atoms with Crippen LogP contribution >= 0.6 is 11.8 Å². The fourth-order valence-electron chi connectivity index (χ4n) is 2.77. The van der Waals surface area contributed by atoms with Gasteiger partial charge in [-0.3, -0.25) is 4.79 Å². The van der Waals surface area contributed by atoms with Crippen molar-refractivity contribution in [3.05, 3.63) is 69.8 Å². The number of thioether (sulfide) groups is 1. The van der Waals surface area contributed by atoms with Crippen LogP contribution < -0.4 is 11.0 Å². The number of hydrogen-bond donors (Lipinski definition) is 2. The predicted octanol–water partition coefficient (Wildman–Crippen LogP) is 3.07. The lowest BCUT2D eigenvalue weighted by molar-refractivity contribution is -0.119. The Kier molecular flexibility index (Phi) is 5.57. The molecule has 1 amide bonds. The molecule has 6 nitrogen and oxygen atoms in total. The number of benzene rings is 2. The molecule has 3 rings (SSSR count). The van der Waals surface area contributed by atoms with Gasteiger partial charge < -0.3 is 10.3 Å². The predicted molar refractivity (Wildman–Crippen MR) is 106 cm³/mol. The summed E-state index contributed by atoms with van der Waals surface area (Å²) in [5.41, 5.74) is 1.22. The van der Waals surface area contributed by atoms with Crippen LogP contribution in [-0.2, 0) is 4.79 Å². The van der Waals surface area contributed by atoms with Gasteiger partial charge in [0.25, 0.3) is 0 Å². The summed E-state index contributed by atoms with van der Waals surface area (Å²) in [7, 11) is 0. The molecule has 136 valence electrons. The number of amides is 1. The number of rotatable bonds is 5. The molecule has 0 unspecified atom stereocenters. The normalized spacial score (nSPS) is 11.7. The SMILES string of the molecule is Cc1[nH]c(=O)nc(SCC(=O)N[C@@H](C)c2ccc3ccccc3c2)c1C#N. The molecule has 0 aliphatic rings. The van der Waals surface area contributed by atoms with Crippen LogP contribution in [0.5, 0.6) is 0 Å². The Balaban J connectivity index is 1.67. The quantitative estimate of drug-likeness (QED) is 0.525. The lowest BCUT2D eigenvalue weighted by Gasteiger charge is -2.15. The standard InChI is InChI=1S/C20H18N4O2S/c1-12(15-8-7-14-5-3-4-6-16(14)9-15)22-18(25)11-27-19-17(10-21)13(2)23-20(26)24-19/h3-9,12H,11H2,1-2H3,(H,22,25)(H,23,24,26)/t12-/m0/s1. The third-order valence-corrected chi connectivity index (χ3v) is 5.16. The molecule has 2 N–H and O–H groups in total. The van der Waals surface area contributed by atoms with Gasteiger partial charge in [0.1, 0.15) is 16.7 Å². The third kappa shape index (κ3) is 4.36. The van der Waals surface area contributed by atoms with Crippen molar-refractivity contribution in [2.75, 3.05) is 5.75 Å². The van der Waals surface area contributed by atoms with Crippen molar-refractivity contribution in [1.82, 2.24) is 15.3 Å². The van der Waals surface area contributed by atoms with E-state index in [1.165, 1.54) is 0 Å². The van der Waals surface area contributed by atoms with Crippen molar-refractivity contribution < 1.29 is 4.79 Å². The van der Waals surface area contributed by atoms with Gasteiger partial charge in [0.05, 0.1) is 11.8 Å². The molecule has 0 saturated carbocycles. The van der Waals surface area contributed by atoms with Crippen LogP contribution in [0.15, 0.2) is 52.3 Å². The number of carbonyl (C=O) groups excluding carboxylic acids is 1. The Morgan fingerprint density at radius 2 is 2.04 bits per heavy atom. The van der Waals surface area contributed by atoms with Crippen molar-refractivity contribution in [3.63, 3.8) is 0 Å². The molecular formula is C20H18N4O2S. The average Bonchev–Trinajstić information content (AvgIpc) is 2.65. The molecule has 0 aliphatic carbocycles. The molecule has 2 aromatic carbocycles. The molecular weight excluding hydrogens is 360 g/mol. The van der Waals surface area contributed by atoms with E-state index >= 15 is 0 Å². The molecule has 1 heterocycles. The molecule has 0 bridgehead atoms. The minimum Gasteiger partial charge on any atom is -0.349 e. The molecule has 27 heavy (non-hydrogen) atoms. The number of aryl methyl sites for hydroxylation is 1. The van der Waals surface area contributed by atoms with Crippen molar-refractivity contribution >= 4 is 28.4 Å². The molecule has 1 atom stereocenters. The number of aromatic amines is 1. The highest BCUT2D eigenvalue weighted by atomic mass is 32.2. The highest BCUT2D eigenvalue weighted by Gasteiger charge is 2.14. The van der Waals surface area contributed by atoms with E-state index < -0.39 is 5.69 Å². The van der Waals surface area contributed by atoms with Crippen LogP contribution in [0.3, 0.4) is 0 Å². The zero-order chi connectivity index (χ0) is 19.4. The van der Waals surface area contributed by atoms with Gasteiger partial charge in [0.15, 0.2) is 0 Å². The zero-order valence-corrected chi connectivity index (χ0v) is 15.8. The number of nitrogens with zero attached hydrogens (tertiary/aromatic N) is 2. The second kappa shape index (κ2) is 8.06. The maximum absolute atomic E-state index is 12.3. The first-order valence-corrected chi connectivity index (χ1v) is 9.38. The van der Waals surface area contributed by atoms with E-state index in [1.54, 1.807) is 6.92 Å². The second-order valence-corrected chi connectivity index (χ2v) is 7.11. The highest BCUT2D eigenvalue weighted by molar-refractivity contribution is 8.00. The van der Waals surface area contributed by atoms with Gasteiger partial charge in [-0.2, -0.15) is 10.2 Å². The molecule has 7 heteroatoms. The summed E-state index contributed by atoms with van der Waals surface area (Å²) in [5, 5.41) is 14.7. The first-order chi connectivity index (χ1) is 13.0. The summed E-state index contributed by atoms with van der Waals surface area (Å²) < 4.78 is 0. The van der Waals surface area contributed by atoms with Gasteiger partial charge in [-0.05, 0) is 36.2 Å². The van der Waals surface area contributed by atoms with E-state index in [2.05, 4.69) is 21.4 Å². The number of carbonyl (C=O) groups is 1. The van der Waals surface area contributed by atoms with E-state index in [0.29, 0.717) is 5.69 Å².